The standard InChI is InChI=1S/C19H18N2O3/c22-18(16-8-4-7-14-9-10-20-17(14)16)21-12-15(19(23)24)11-13-5-2-1-3-6-13/h1-10,15,20H,11-12H2,(H,21,22)(H,23,24). The number of para-hydroxylation sites is 1. The third-order valence-electron chi connectivity index (χ3n) is 4.02. The van der Waals surface area contributed by atoms with E-state index in [1.807, 2.05) is 48.5 Å². The van der Waals surface area contributed by atoms with Crippen LogP contribution < -0.4 is 5.32 Å². The molecule has 24 heavy (non-hydrogen) atoms. The molecule has 3 rings (SSSR count). The molecule has 1 unspecified atom stereocenters. The van der Waals surface area contributed by atoms with Crippen LogP contribution in [0.15, 0.2) is 60.8 Å². The van der Waals surface area contributed by atoms with Crippen molar-refractivity contribution in [3.8, 4) is 0 Å². The summed E-state index contributed by atoms with van der Waals surface area (Å²) in [6, 6.07) is 16.7. The molecule has 2 aromatic carbocycles. The molecule has 5 heteroatoms. The van der Waals surface area contributed by atoms with Crippen LogP contribution in [-0.2, 0) is 11.2 Å². The van der Waals surface area contributed by atoms with Gasteiger partial charge >= 0.3 is 5.97 Å². The zero-order chi connectivity index (χ0) is 16.9. The molecule has 1 amide bonds. The molecule has 1 heterocycles. The van der Waals surface area contributed by atoms with E-state index in [4.69, 9.17) is 0 Å². The molecule has 0 aliphatic carbocycles. The van der Waals surface area contributed by atoms with Crippen LogP contribution in [0, 0.1) is 5.92 Å². The van der Waals surface area contributed by atoms with Crippen LogP contribution in [-0.4, -0.2) is 28.5 Å². The van der Waals surface area contributed by atoms with Crippen LogP contribution in [0.4, 0.5) is 0 Å². The Morgan fingerprint density at radius 3 is 2.58 bits per heavy atom. The van der Waals surface area contributed by atoms with Crippen molar-refractivity contribution in [1.29, 1.82) is 0 Å². The van der Waals surface area contributed by atoms with Crippen LogP contribution in [0.1, 0.15) is 15.9 Å². The Labute approximate surface area is 139 Å². The van der Waals surface area contributed by atoms with E-state index in [-0.39, 0.29) is 12.5 Å². The number of aliphatic carboxylic acids is 1. The number of aromatic nitrogens is 1. The fraction of sp³-hybridized carbons (Fsp3) is 0.158. The van der Waals surface area contributed by atoms with Crippen LogP contribution in [0.2, 0.25) is 0 Å². The van der Waals surface area contributed by atoms with Crippen molar-refractivity contribution in [1.82, 2.24) is 10.3 Å². The molecule has 0 saturated heterocycles. The second kappa shape index (κ2) is 7.00. The number of rotatable bonds is 6. The van der Waals surface area contributed by atoms with Gasteiger partial charge in [0.2, 0.25) is 0 Å². The van der Waals surface area contributed by atoms with Gasteiger partial charge < -0.3 is 15.4 Å². The van der Waals surface area contributed by atoms with E-state index in [0.29, 0.717) is 12.0 Å². The summed E-state index contributed by atoms with van der Waals surface area (Å²) in [6.45, 7) is 0.0835. The van der Waals surface area contributed by atoms with Gasteiger partial charge in [0.05, 0.1) is 17.0 Å². The second-order valence-electron chi connectivity index (χ2n) is 5.68. The number of benzene rings is 2. The Balaban J connectivity index is 1.69. The molecule has 5 nitrogen and oxygen atoms in total. The third kappa shape index (κ3) is 3.46. The summed E-state index contributed by atoms with van der Waals surface area (Å²) in [5.74, 6) is -1.86. The van der Waals surface area contributed by atoms with Gasteiger partial charge in [-0.25, -0.2) is 0 Å². The molecule has 0 saturated carbocycles. The summed E-state index contributed by atoms with van der Waals surface area (Å²) < 4.78 is 0. The van der Waals surface area contributed by atoms with Crippen molar-refractivity contribution >= 4 is 22.8 Å². The van der Waals surface area contributed by atoms with Gasteiger partial charge in [-0.15, -0.1) is 0 Å². The minimum absolute atomic E-state index is 0.0835. The Bertz CT molecular complexity index is 855. The fourth-order valence-electron chi connectivity index (χ4n) is 2.73. The lowest BCUT2D eigenvalue weighted by atomic mass is 9.99. The first-order chi connectivity index (χ1) is 11.6. The van der Waals surface area contributed by atoms with E-state index < -0.39 is 11.9 Å². The zero-order valence-electron chi connectivity index (χ0n) is 13.0. The number of carboxylic acid groups (broad SMARTS) is 1. The maximum absolute atomic E-state index is 12.4. The number of hydrogen-bond donors (Lipinski definition) is 3. The number of aromatic amines is 1. The first-order valence-electron chi connectivity index (χ1n) is 7.76. The topological polar surface area (TPSA) is 82.2 Å². The molecule has 1 atom stereocenters. The maximum Gasteiger partial charge on any atom is 0.308 e. The first-order valence-corrected chi connectivity index (χ1v) is 7.76. The van der Waals surface area contributed by atoms with E-state index in [9.17, 15) is 14.7 Å². The molecular formula is C19H18N2O3. The van der Waals surface area contributed by atoms with Crippen molar-refractivity contribution in [2.24, 2.45) is 5.92 Å². The summed E-state index contributed by atoms with van der Waals surface area (Å²) in [6.07, 6.45) is 2.15. The average Bonchev–Trinajstić information content (AvgIpc) is 3.07. The molecule has 0 bridgehead atoms. The van der Waals surface area contributed by atoms with Crippen LogP contribution in [0.3, 0.4) is 0 Å². The second-order valence-corrected chi connectivity index (χ2v) is 5.68. The van der Waals surface area contributed by atoms with Gasteiger partial charge in [-0.05, 0) is 24.1 Å². The van der Waals surface area contributed by atoms with E-state index in [0.717, 1.165) is 16.5 Å². The molecular weight excluding hydrogens is 304 g/mol. The van der Waals surface area contributed by atoms with Crippen molar-refractivity contribution in [2.45, 2.75) is 6.42 Å². The molecule has 0 fully saturated rings. The van der Waals surface area contributed by atoms with Gasteiger partial charge in [-0.3, -0.25) is 9.59 Å². The molecule has 0 radical (unpaired) electrons. The molecule has 3 N–H and O–H groups in total. The number of carboxylic acids is 1. The van der Waals surface area contributed by atoms with Gasteiger partial charge in [0.15, 0.2) is 0 Å². The van der Waals surface area contributed by atoms with Gasteiger partial charge in [0.1, 0.15) is 0 Å². The highest BCUT2D eigenvalue weighted by molar-refractivity contribution is 6.05. The Morgan fingerprint density at radius 2 is 1.83 bits per heavy atom. The molecule has 3 aromatic rings. The summed E-state index contributed by atoms with van der Waals surface area (Å²) in [4.78, 5) is 26.9. The van der Waals surface area contributed by atoms with Crippen LogP contribution in [0.25, 0.3) is 10.9 Å². The summed E-state index contributed by atoms with van der Waals surface area (Å²) in [5.41, 5.74) is 2.21. The third-order valence-corrected chi connectivity index (χ3v) is 4.02. The van der Waals surface area contributed by atoms with Gasteiger partial charge in [0, 0.05) is 18.1 Å². The van der Waals surface area contributed by atoms with Crippen molar-refractivity contribution < 1.29 is 14.7 Å². The van der Waals surface area contributed by atoms with E-state index in [1.54, 1.807) is 12.3 Å². The predicted octanol–water partition coefficient (Wildman–Crippen LogP) is 2.84. The fourth-order valence-corrected chi connectivity index (χ4v) is 2.73. The number of nitrogens with one attached hydrogen (secondary N) is 2. The van der Waals surface area contributed by atoms with Crippen LogP contribution in [0.5, 0.6) is 0 Å². The number of amides is 1. The molecule has 122 valence electrons. The van der Waals surface area contributed by atoms with Gasteiger partial charge in [0.25, 0.3) is 5.91 Å². The zero-order valence-corrected chi connectivity index (χ0v) is 13.0. The number of carbonyl (C=O) groups is 2. The lowest BCUT2D eigenvalue weighted by Crippen LogP contribution is -2.34. The minimum Gasteiger partial charge on any atom is -0.481 e. The number of fused-ring (bicyclic) bond motifs is 1. The predicted molar refractivity (Wildman–Crippen MR) is 91.9 cm³/mol. The van der Waals surface area contributed by atoms with Gasteiger partial charge in [-0.1, -0.05) is 42.5 Å². The average molecular weight is 322 g/mol. The molecule has 0 aliphatic heterocycles. The summed E-state index contributed by atoms with van der Waals surface area (Å²) in [7, 11) is 0. The molecule has 0 aliphatic rings. The SMILES string of the molecule is O=C(NCC(Cc1ccccc1)C(=O)O)c1cccc2cc[nH]c12. The van der Waals surface area contributed by atoms with Crippen molar-refractivity contribution in [3.05, 3.63) is 71.9 Å². The van der Waals surface area contributed by atoms with Crippen molar-refractivity contribution in [2.75, 3.05) is 6.54 Å². The number of hydrogen-bond acceptors (Lipinski definition) is 2. The Morgan fingerprint density at radius 1 is 1.04 bits per heavy atom. The largest absolute Gasteiger partial charge is 0.481 e. The van der Waals surface area contributed by atoms with E-state index >= 15 is 0 Å². The highest BCUT2D eigenvalue weighted by Crippen LogP contribution is 2.17. The number of H-pyrrole nitrogens is 1. The Hall–Kier alpha value is -3.08. The lowest BCUT2D eigenvalue weighted by molar-refractivity contribution is -0.141. The van der Waals surface area contributed by atoms with E-state index in [1.165, 1.54) is 0 Å². The molecule has 1 aromatic heterocycles. The quantitative estimate of drug-likeness (QED) is 0.652. The lowest BCUT2D eigenvalue weighted by Gasteiger charge is -2.14. The van der Waals surface area contributed by atoms with Crippen molar-refractivity contribution in [3.63, 3.8) is 0 Å². The van der Waals surface area contributed by atoms with E-state index in [2.05, 4.69) is 10.3 Å². The highest BCUT2D eigenvalue weighted by Gasteiger charge is 2.20. The van der Waals surface area contributed by atoms with Gasteiger partial charge in [-0.2, -0.15) is 0 Å². The monoisotopic (exact) mass is 322 g/mol. The summed E-state index contributed by atoms with van der Waals surface area (Å²) in [5, 5.41) is 13.1. The highest BCUT2D eigenvalue weighted by atomic mass is 16.4. The van der Waals surface area contributed by atoms with Crippen LogP contribution >= 0.6 is 0 Å². The smallest absolute Gasteiger partial charge is 0.308 e. The summed E-state index contributed by atoms with van der Waals surface area (Å²) >= 11 is 0. The Kier molecular flexibility index (Phi) is 4.61. The normalized spacial score (nSPS) is 12.0. The maximum atomic E-state index is 12.4. The molecule has 0 spiro atoms. The first kappa shape index (κ1) is 15.8. The number of carbonyl (C=O) groups excluding carboxylic acids is 1. The minimum atomic E-state index is -0.919.